The Labute approximate surface area is 110 Å². The Morgan fingerprint density at radius 2 is 1.00 bits per heavy atom. The minimum Gasteiger partial charge on any atom is -0.0561 e. The maximum atomic E-state index is 2.37. The number of benzene rings is 2. The lowest BCUT2D eigenvalue weighted by Crippen LogP contribution is -2.11. The van der Waals surface area contributed by atoms with Gasteiger partial charge in [0.25, 0.3) is 0 Å². The van der Waals surface area contributed by atoms with Gasteiger partial charge in [-0.2, -0.15) is 0 Å². The molecule has 0 N–H and O–H groups in total. The smallest absolute Gasteiger partial charge is 0.00172 e. The van der Waals surface area contributed by atoms with E-state index in [9.17, 15) is 0 Å². The van der Waals surface area contributed by atoms with E-state index in [2.05, 4.69) is 52.0 Å². The van der Waals surface area contributed by atoms with Crippen LogP contribution in [0.4, 0.5) is 0 Å². The molecule has 1 aliphatic carbocycles. The fourth-order valence-electron chi connectivity index (χ4n) is 3.37. The van der Waals surface area contributed by atoms with Crippen molar-refractivity contribution in [3.05, 3.63) is 68.8 Å². The summed E-state index contributed by atoms with van der Waals surface area (Å²) in [6.45, 7) is 8.90. The molecule has 0 aromatic heterocycles. The van der Waals surface area contributed by atoms with Gasteiger partial charge in [0.1, 0.15) is 0 Å². The van der Waals surface area contributed by atoms with Gasteiger partial charge in [0, 0.05) is 0 Å². The van der Waals surface area contributed by atoms with E-state index in [1.165, 1.54) is 33.4 Å². The van der Waals surface area contributed by atoms with Crippen molar-refractivity contribution < 1.29 is 0 Å². The Morgan fingerprint density at radius 3 is 1.39 bits per heavy atom. The van der Waals surface area contributed by atoms with E-state index in [-0.39, 0.29) is 0 Å². The number of hydrogen-bond acceptors (Lipinski definition) is 0. The highest BCUT2D eigenvalue weighted by Gasteiger charge is 2.18. The van der Waals surface area contributed by atoms with Crippen LogP contribution in [0.3, 0.4) is 0 Å². The monoisotopic (exact) mass is 236 g/mol. The zero-order valence-corrected chi connectivity index (χ0v) is 11.7. The van der Waals surface area contributed by atoms with Gasteiger partial charge in [-0.15, -0.1) is 0 Å². The molecule has 0 saturated carbocycles. The summed E-state index contributed by atoms with van der Waals surface area (Å²) in [6.07, 6.45) is 2.22. The minimum absolute atomic E-state index is 1.11. The summed E-state index contributed by atoms with van der Waals surface area (Å²) in [6, 6.07) is 9.36. The molecule has 0 fully saturated rings. The largest absolute Gasteiger partial charge is 0.0561 e. The summed E-state index contributed by atoms with van der Waals surface area (Å²) in [5, 5.41) is 0. The molecule has 0 atom stereocenters. The van der Waals surface area contributed by atoms with Gasteiger partial charge in [-0.1, -0.05) is 35.4 Å². The molecule has 0 unspecified atom stereocenters. The molecule has 1 aliphatic rings. The van der Waals surface area contributed by atoms with Crippen molar-refractivity contribution >= 4 is 0 Å². The molecule has 0 radical (unpaired) electrons. The maximum Gasteiger partial charge on any atom is -0.00172 e. The molecule has 18 heavy (non-hydrogen) atoms. The van der Waals surface area contributed by atoms with Crippen LogP contribution in [-0.2, 0) is 12.8 Å². The molecule has 0 heteroatoms. The zero-order valence-electron chi connectivity index (χ0n) is 11.7. The van der Waals surface area contributed by atoms with Crippen molar-refractivity contribution in [3.8, 4) is 0 Å². The molecular formula is C18H20. The second kappa shape index (κ2) is 3.98. The van der Waals surface area contributed by atoms with Gasteiger partial charge in [0.15, 0.2) is 0 Å². The molecule has 0 aliphatic heterocycles. The minimum atomic E-state index is 1.11. The lowest BCUT2D eigenvalue weighted by atomic mass is 9.81. The van der Waals surface area contributed by atoms with E-state index in [1.807, 2.05) is 0 Å². The van der Waals surface area contributed by atoms with Crippen LogP contribution in [0.2, 0.25) is 0 Å². The molecular weight excluding hydrogens is 216 g/mol. The summed E-state index contributed by atoms with van der Waals surface area (Å²) in [5.74, 6) is 0. The van der Waals surface area contributed by atoms with Gasteiger partial charge >= 0.3 is 0 Å². The van der Waals surface area contributed by atoms with E-state index in [0.29, 0.717) is 0 Å². The first kappa shape index (κ1) is 11.5. The SMILES string of the molecule is Cc1cc(C)c2c(c1)Cc1c(C)cc(C)cc1C2. The van der Waals surface area contributed by atoms with Gasteiger partial charge in [0.05, 0.1) is 0 Å². The standard InChI is InChI=1S/C18H20/c1-11-5-13(3)17-10-16-8-12(2)6-14(4)18(16)9-15(17)7-11/h5-8H,9-10H2,1-4H3. The maximum absolute atomic E-state index is 2.37. The van der Waals surface area contributed by atoms with Gasteiger partial charge in [-0.3, -0.25) is 0 Å². The number of fused-ring (bicyclic) bond motifs is 2. The van der Waals surface area contributed by atoms with E-state index in [1.54, 1.807) is 11.1 Å². The summed E-state index contributed by atoms with van der Waals surface area (Å²) in [4.78, 5) is 0. The Bertz CT molecular complexity index is 575. The second-order valence-corrected chi connectivity index (χ2v) is 5.79. The highest BCUT2D eigenvalue weighted by Crippen LogP contribution is 2.32. The molecule has 0 nitrogen and oxygen atoms in total. The summed E-state index contributed by atoms with van der Waals surface area (Å²) in [7, 11) is 0. The highest BCUT2D eigenvalue weighted by atomic mass is 14.2. The van der Waals surface area contributed by atoms with Crippen LogP contribution < -0.4 is 0 Å². The third kappa shape index (κ3) is 1.77. The third-order valence-electron chi connectivity index (χ3n) is 4.15. The van der Waals surface area contributed by atoms with E-state index >= 15 is 0 Å². The normalized spacial score (nSPS) is 13.1. The Morgan fingerprint density at radius 1 is 0.611 bits per heavy atom. The molecule has 92 valence electrons. The topological polar surface area (TPSA) is 0 Å². The molecule has 2 aromatic rings. The van der Waals surface area contributed by atoms with E-state index < -0.39 is 0 Å². The van der Waals surface area contributed by atoms with Gasteiger partial charge in [-0.25, -0.2) is 0 Å². The summed E-state index contributed by atoms with van der Waals surface area (Å²) >= 11 is 0. The number of hydrogen-bond donors (Lipinski definition) is 0. The molecule has 0 saturated heterocycles. The summed E-state index contributed by atoms with van der Waals surface area (Å²) < 4.78 is 0. The van der Waals surface area contributed by atoms with Crippen LogP contribution in [0.5, 0.6) is 0 Å². The van der Waals surface area contributed by atoms with Gasteiger partial charge in [-0.05, 0) is 73.9 Å². The quantitative estimate of drug-likeness (QED) is 0.542. The Hall–Kier alpha value is -1.56. The first-order valence-electron chi connectivity index (χ1n) is 6.72. The fourth-order valence-corrected chi connectivity index (χ4v) is 3.37. The van der Waals surface area contributed by atoms with Crippen LogP contribution in [-0.4, -0.2) is 0 Å². The predicted octanol–water partition coefficient (Wildman–Crippen LogP) is 4.42. The lowest BCUT2D eigenvalue weighted by molar-refractivity contribution is 0.964. The van der Waals surface area contributed by atoms with Crippen molar-refractivity contribution in [1.29, 1.82) is 0 Å². The summed E-state index contributed by atoms with van der Waals surface area (Å²) in [5.41, 5.74) is 11.9. The molecule has 2 aromatic carbocycles. The first-order chi connectivity index (χ1) is 8.54. The highest BCUT2D eigenvalue weighted by molar-refractivity contribution is 5.52. The van der Waals surface area contributed by atoms with Crippen LogP contribution in [0, 0.1) is 27.7 Å². The third-order valence-corrected chi connectivity index (χ3v) is 4.15. The van der Waals surface area contributed by atoms with Crippen molar-refractivity contribution in [2.75, 3.05) is 0 Å². The number of rotatable bonds is 0. The van der Waals surface area contributed by atoms with Crippen LogP contribution in [0.25, 0.3) is 0 Å². The van der Waals surface area contributed by atoms with Crippen molar-refractivity contribution in [1.82, 2.24) is 0 Å². The molecule has 0 spiro atoms. The average Bonchev–Trinajstić information content (AvgIpc) is 2.27. The molecule has 0 bridgehead atoms. The van der Waals surface area contributed by atoms with Crippen molar-refractivity contribution in [2.45, 2.75) is 40.5 Å². The van der Waals surface area contributed by atoms with Crippen LogP contribution in [0.15, 0.2) is 24.3 Å². The lowest BCUT2D eigenvalue weighted by Gasteiger charge is -2.24. The molecule has 0 amide bonds. The van der Waals surface area contributed by atoms with Crippen LogP contribution in [0.1, 0.15) is 44.5 Å². The van der Waals surface area contributed by atoms with E-state index in [0.717, 1.165) is 12.8 Å². The molecule has 0 heterocycles. The van der Waals surface area contributed by atoms with Gasteiger partial charge in [0.2, 0.25) is 0 Å². The number of aryl methyl sites for hydroxylation is 4. The fraction of sp³-hybridized carbons (Fsp3) is 0.333. The molecule has 3 rings (SSSR count). The second-order valence-electron chi connectivity index (χ2n) is 5.79. The zero-order chi connectivity index (χ0) is 12.9. The Balaban J connectivity index is 2.18. The van der Waals surface area contributed by atoms with Gasteiger partial charge < -0.3 is 0 Å². The van der Waals surface area contributed by atoms with Crippen LogP contribution >= 0.6 is 0 Å². The Kier molecular flexibility index (Phi) is 2.55. The van der Waals surface area contributed by atoms with Crippen molar-refractivity contribution in [3.63, 3.8) is 0 Å². The van der Waals surface area contributed by atoms with Crippen molar-refractivity contribution in [2.24, 2.45) is 0 Å². The predicted molar refractivity (Wildman–Crippen MR) is 77.4 cm³/mol. The average molecular weight is 236 g/mol. The van der Waals surface area contributed by atoms with E-state index in [4.69, 9.17) is 0 Å². The first-order valence-corrected chi connectivity index (χ1v) is 6.72.